The van der Waals surface area contributed by atoms with E-state index in [0.29, 0.717) is 26.2 Å². The minimum absolute atomic E-state index is 0.100. The molecule has 1 aliphatic heterocycles. The molecule has 29 heavy (non-hydrogen) atoms. The van der Waals surface area contributed by atoms with Crippen LogP contribution in [0, 0.1) is 5.82 Å². The number of anilines is 1. The molecular weight excluding hydrogens is 391 g/mol. The maximum absolute atomic E-state index is 13.0. The van der Waals surface area contributed by atoms with Gasteiger partial charge in [-0.1, -0.05) is 29.5 Å². The van der Waals surface area contributed by atoms with Crippen molar-refractivity contribution >= 4 is 32.7 Å². The van der Waals surface area contributed by atoms with Crippen LogP contribution in [-0.2, 0) is 6.54 Å². The second-order valence-electron chi connectivity index (χ2n) is 6.79. The number of para-hydroxylation sites is 1. The van der Waals surface area contributed by atoms with Crippen LogP contribution in [0.5, 0.6) is 5.75 Å². The summed E-state index contributed by atoms with van der Waals surface area (Å²) in [5, 5.41) is 3.86. The smallest absolute Gasteiger partial charge is 0.317 e. The molecule has 0 atom stereocenters. The average molecular weight is 415 g/mol. The van der Waals surface area contributed by atoms with Crippen molar-refractivity contribution in [2.24, 2.45) is 0 Å². The van der Waals surface area contributed by atoms with Gasteiger partial charge in [0.25, 0.3) is 0 Å². The van der Waals surface area contributed by atoms with Gasteiger partial charge in [0.2, 0.25) is 0 Å². The van der Waals surface area contributed by atoms with E-state index in [9.17, 15) is 9.18 Å². The number of carbonyl (C=O) groups excluding carboxylic acids is 1. The van der Waals surface area contributed by atoms with Crippen LogP contribution in [0.1, 0.15) is 12.5 Å². The van der Waals surface area contributed by atoms with Crippen LogP contribution in [0.2, 0.25) is 0 Å². The van der Waals surface area contributed by atoms with Crippen LogP contribution in [0.15, 0.2) is 42.5 Å². The molecule has 0 saturated carbocycles. The molecule has 8 heteroatoms. The number of halogens is 1. The molecule has 1 N–H and O–H groups in total. The van der Waals surface area contributed by atoms with Gasteiger partial charge in [-0.15, -0.1) is 0 Å². The van der Waals surface area contributed by atoms with Gasteiger partial charge in [0, 0.05) is 32.7 Å². The number of hydrogen-bond donors (Lipinski definition) is 1. The normalized spacial score (nSPS) is 14.3. The summed E-state index contributed by atoms with van der Waals surface area (Å²) in [6.45, 7) is 5.68. The Morgan fingerprint density at radius 3 is 2.66 bits per heavy atom. The van der Waals surface area contributed by atoms with E-state index in [0.717, 1.165) is 39.8 Å². The molecule has 3 aromatic rings. The van der Waals surface area contributed by atoms with Crippen molar-refractivity contribution in [1.29, 1.82) is 0 Å². The molecule has 1 aromatic heterocycles. The molecule has 2 heterocycles. The predicted octanol–water partition coefficient (Wildman–Crippen LogP) is 3.87. The van der Waals surface area contributed by atoms with Gasteiger partial charge < -0.3 is 19.9 Å². The molecule has 2 amide bonds. The molecule has 0 spiro atoms. The average Bonchev–Trinajstić information content (AvgIpc) is 3.19. The third-order valence-electron chi connectivity index (χ3n) is 4.86. The number of rotatable bonds is 5. The lowest BCUT2D eigenvalue weighted by molar-refractivity contribution is 0.194. The van der Waals surface area contributed by atoms with Crippen molar-refractivity contribution in [2.75, 3.05) is 37.7 Å². The Morgan fingerprint density at radius 2 is 1.93 bits per heavy atom. The van der Waals surface area contributed by atoms with Gasteiger partial charge in [-0.3, -0.25) is 0 Å². The number of hydrogen-bond acceptors (Lipinski definition) is 5. The molecule has 6 nitrogen and oxygen atoms in total. The maximum Gasteiger partial charge on any atom is 0.317 e. The Morgan fingerprint density at radius 1 is 1.17 bits per heavy atom. The number of benzene rings is 2. The molecule has 152 valence electrons. The highest BCUT2D eigenvalue weighted by atomic mass is 32.1. The Hall–Kier alpha value is -2.87. The van der Waals surface area contributed by atoms with E-state index in [1.807, 2.05) is 19.1 Å². The third kappa shape index (κ3) is 4.42. The van der Waals surface area contributed by atoms with Crippen LogP contribution in [0.3, 0.4) is 0 Å². The van der Waals surface area contributed by atoms with Gasteiger partial charge in [0.05, 0.1) is 11.3 Å². The number of amides is 2. The van der Waals surface area contributed by atoms with Crippen LogP contribution in [-0.4, -0.2) is 48.7 Å². The molecule has 1 saturated heterocycles. The lowest BCUT2D eigenvalue weighted by Gasteiger charge is -2.34. The predicted molar refractivity (Wildman–Crippen MR) is 113 cm³/mol. The molecule has 1 aliphatic rings. The fourth-order valence-corrected chi connectivity index (χ4v) is 4.35. The molecule has 0 unspecified atom stereocenters. The van der Waals surface area contributed by atoms with Crippen molar-refractivity contribution in [3.05, 3.63) is 53.8 Å². The summed E-state index contributed by atoms with van der Waals surface area (Å²) in [5.74, 6) is 0.533. The first-order valence-electron chi connectivity index (χ1n) is 9.68. The zero-order valence-electron chi connectivity index (χ0n) is 16.2. The summed E-state index contributed by atoms with van der Waals surface area (Å²) in [4.78, 5) is 21.2. The molecule has 0 radical (unpaired) electrons. The fourth-order valence-electron chi connectivity index (χ4n) is 3.31. The summed E-state index contributed by atoms with van der Waals surface area (Å²) < 4.78 is 19.8. The van der Waals surface area contributed by atoms with Gasteiger partial charge in [0.1, 0.15) is 17.1 Å². The summed E-state index contributed by atoms with van der Waals surface area (Å²) in [5.41, 5.74) is 1.77. The Bertz CT molecular complexity index is 984. The van der Waals surface area contributed by atoms with E-state index in [1.54, 1.807) is 28.4 Å². The number of thiazole rings is 1. The second-order valence-corrected chi connectivity index (χ2v) is 7.80. The standard InChI is InChI=1S/C21H23FN4O2S/c1-2-28-17-4-3-5-18-19(17)24-21(29-18)26-12-10-25(11-13-26)20(27)23-14-15-6-8-16(22)9-7-15/h3-9H,2,10-14H2,1H3,(H,23,27). The number of nitrogens with zero attached hydrogens (tertiary/aromatic N) is 3. The summed E-state index contributed by atoms with van der Waals surface area (Å²) >= 11 is 1.65. The Kier molecular flexibility index (Phi) is 5.80. The summed E-state index contributed by atoms with van der Waals surface area (Å²) in [6.07, 6.45) is 0. The SMILES string of the molecule is CCOc1cccc2sc(N3CCN(C(=O)NCc4ccc(F)cc4)CC3)nc12. The number of urea groups is 1. The third-order valence-corrected chi connectivity index (χ3v) is 5.95. The van der Waals surface area contributed by atoms with E-state index in [2.05, 4.69) is 16.3 Å². The number of ether oxygens (including phenoxy) is 1. The van der Waals surface area contributed by atoms with Crippen molar-refractivity contribution in [3.8, 4) is 5.75 Å². The minimum Gasteiger partial charge on any atom is -0.492 e. The molecular formula is C21H23FN4O2S. The highest BCUT2D eigenvalue weighted by Crippen LogP contribution is 2.34. The van der Waals surface area contributed by atoms with Crippen molar-refractivity contribution in [3.63, 3.8) is 0 Å². The number of nitrogens with one attached hydrogen (secondary N) is 1. The van der Waals surface area contributed by atoms with Gasteiger partial charge in [-0.2, -0.15) is 0 Å². The monoisotopic (exact) mass is 414 g/mol. The number of aromatic nitrogens is 1. The first-order chi connectivity index (χ1) is 14.1. The van der Waals surface area contributed by atoms with Crippen LogP contribution >= 0.6 is 11.3 Å². The Balaban J connectivity index is 1.34. The summed E-state index contributed by atoms with van der Waals surface area (Å²) in [6, 6.07) is 12.0. The lowest BCUT2D eigenvalue weighted by atomic mass is 10.2. The number of fused-ring (bicyclic) bond motifs is 1. The van der Waals surface area contributed by atoms with Crippen LogP contribution < -0.4 is 15.0 Å². The summed E-state index contributed by atoms with van der Waals surface area (Å²) in [7, 11) is 0. The molecule has 4 rings (SSSR count). The molecule has 0 bridgehead atoms. The lowest BCUT2D eigenvalue weighted by Crippen LogP contribution is -2.51. The number of carbonyl (C=O) groups is 1. The van der Waals surface area contributed by atoms with E-state index < -0.39 is 0 Å². The highest BCUT2D eigenvalue weighted by Gasteiger charge is 2.23. The van der Waals surface area contributed by atoms with Gasteiger partial charge in [0.15, 0.2) is 5.13 Å². The molecule has 1 fully saturated rings. The maximum atomic E-state index is 13.0. The van der Waals surface area contributed by atoms with E-state index >= 15 is 0 Å². The van der Waals surface area contributed by atoms with E-state index in [1.165, 1.54) is 12.1 Å². The zero-order chi connectivity index (χ0) is 20.2. The first-order valence-corrected chi connectivity index (χ1v) is 10.5. The topological polar surface area (TPSA) is 57.7 Å². The van der Waals surface area contributed by atoms with Gasteiger partial charge in [-0.25, -0.2) is 14.2 Å². The van der Waals surface area contributed by atoms with Crippen molar-refractivity contribution < 1.29 is 13.9 Å². The van der Waals surface area contributed by atoms with Gasteiger partial charge >= 0.3 is 6.03 Å². The second kappa shape index (κ2) is 8.65. The largest absolute Gasteiger partial charge is 0.492 e. The minimum atomic E-state index is -0.278. The van der Waals surface area contributed by atoms with Crippen LogP contribution in [0.4, 0.5) is 14.3 Å². The first kappa shape index (κ1) is 19.4. The van der Waals surface area contributed by atoms with E-state index in [-0.39, 0.29) is 11.8 Å². The van der Waals surface area contributed by atoms with Gasteiger partial charge in [-0.05, 0) is 36.8 Å². The Labute approximate surface area is 172 Å². The highest BCUT2D eigenvalue weighted by molar-refractivity contribution is 7.22. The quantitative estimate of drug-likeness (QED) is 0.689. The number of piperazine rings is 1. The van der Waals surface area contributed by atoms with Crippen molar-refractivity contribution in [1.82, 2.24) is 15.2 Å². The van der Waals surface area contributed by atoms with Crippen LogP contribution in [0.25, 0.3) is 10.2 Å². The molecule has 0 aliphatic carbocycles. The van der Waals surface area contributed by atoms with E-state index in [4.69, 9.17) is 9.72 Å². The fraction of sp³-hybridized carbons (Fsp3) is 0.333. The van der Waals surface area contributed by atoms with Crippen molar-refractivity contribution in [2.45, 2.75) is 13.5 Å². The zero-order valence-corrected chi connectivity index (χ0v) is 17.0. The molecule has 2 aromatic carbocycles.